The van der Waals surface area contributed by atoms with Crippen molar-refractivity contribution in [1.82, 2.24) is 19.3 Å². The number of hydrogen-bond acceptors (Lipinski definition) is 4. The SMILES string of the molecule is Cc1cccc(-c2ccc(S(=O)(=O)N3CC(n4cc(-c5ccccc5)nn4)C3)cc2)c1. The third-order valence-electron chi connectivity index (χ3n) is 5.63. The first kappa shape index (κ1) is 19.7. The highest BCUT2D eigenvalue weighted by molar-refractivity contribution is 7.89. The van der Waals surface area contributed by atoms with Gasteiger partial charge in [0.05, 0.1) is 17.1 Å². The van der Waals surface area contributed by atoms with Gasteiger partial charge in [-0.2, -0.15) is 4.31 Å². The predicted octanol–water partition coefficient (Wildman–Crippen LogP) is 4.17. The van der Waals surface area contributed by atoms with Crippen LogP contribution in [0.3, 0.4) is 0 Å². The normalized spacial score (nSPS) is 15.0. The average Bonchev–Trinajstić information content (AvgIpc) is 3.23. The first-order valence-corrected chi connectivity index (χ1v) is 11.6. The number of sulfonamides is 1. The summed E-state index contributed by atoms with van der Waals surface area (Å²) < 4.78 is 29.2. The molecule has 5 rings (SSSR count). The van der Waals surface area contributed by atoms with Crippen molar-refractivity contribution >= 4 is 10.0 Å². The minimum Gasteiger partial charge on any atom is -0.246 e. The Labute approximate surface area is 181 Å². The Morgan fingerprint density at radius 3 is 2.26 bits per heavy atom. The number of rotatable bonds is 5. The standard InChI is InChI=1S/C24H22N4O2S/c1-18-6-5-9-21(14-18)19-10-12-23(13-11-19)31(29,30)27-15-22(16-27)28-17-24(25-26-28)20-7-3-2-4-8-20/h2-14,17,22H,15-16H2,1H3. The average molecular weight is 431 g/mol. The van der Waals surface area contributed by atoms with Crippen molar-refractivity contribution in [2.24, 2.45) is 0 Å². The van der Waals surface area contributed by atoms with Gasteiger partial charge >= 0.3 is 0 Å². The van der Waals surface area contributed by atoms with E-state index in [2.05, 4.69) is 16.4 Å². The van der Waals surface area contributed by atoms with Gasteiger partial charge in [0.25, 0.3) is 0 Å². The molecular weight excluding hydrogens is 408 g/mol. The smallest absolute Gasteiger partial charge is 0.243 e. The van der Waals surface area contributed by atoms with Crippen molar-refractivity contribution in [2.75, 3.05) is 13.1 Å². The molecule has 4 aromatic rings. The van der Waals surface area contributed by atoms with Gasteiger partial charge in [0, 0.05) is 18.7 Å². The molecule has 0 radical (unpaired) electrons. The molecule has 1 fully saturated rings. The van der Waals surface area contributed by atoms with Crippen LogP contribution >= 0.6 is 0 Å². The Balaban J connectivity index is 1.28. The fourth-order valence-electron chi connectivity index (χ4n) is 3.77. The van der Waals surface area contributed by atoms with Crippen LogP contribution in [0, 0.1) is 6.92 Å². The molecule has 0 amide bonds. The van der Waals surface area contributed by atoms with E-state index in [1.807, 2.05) is 73.8 Å². The molecule has 7 heteroatoms. The molecule has 0 atom stereocenters. The lowest BCUT2D eigenvalue weighted by atomic mass is 10.0. The lowest BCUT2D eigenvalue weighted by molar-refractivity contribution is 0.189. The van der Waals surface area contributed by atoms with E-state index in [1.54, 1.807) is 16.8 Å². The first-order chi connectivity index (χ1) is 15.0. The second-order valence-electron chi connectivity index (χ2n) is 7.82. The molecule has 1 aliphatic rings. The molecular formula is C24H22N4O2S. The zero-order valence-corrected chi connectivity index (χ0v) is 17.9. The van der Waals surface area contributed by atoms with E-state index in [9.17, 15) is 8.42 Å². The highest BCUT2D eigenvalue weighted by atomic mass is 32.2. The minimum absolute atomic E-state index is 0.00805. The van der Waals surface area contributed by atoms with Crippen molar-refractivity contribution in [3.05, 3.63) is 90.6 Å². The Kier molecular flexibility index (Phi) is 4.92. The summed E-state index contributed by atoms with van der Waals surface area (Å²) in [6, 6.07) is 25.1. The van der Waals surface area contributed by atoms with Crippen LogP contribution < -0.4 is 0 Å². The van der Waals surface area contributed by atoms with Crippen molar-refractivity contribution < 1.29 is 8.42 Å². The van der Waals surface area contributed by atoms with Crippen LogP contribution in [0.1, 0.15) is 11.6 Å². The van der Waals surface area contributed by atoms with Crippen LogP contribution in [0.2, 0.25) is 0 Å². The zero-order chi connectivity index (χ0) is 21.4. The first-order valence-electron chi connectivity index (χ1n) is 10.2. The molecule has 31 heavy (non-hydrogen) atoms. The molecule has 0 spiro atoms. The van der Waals surface area contributed by atoms with Crippen molar-refractivity contribution in [2.45, 2.75) is 17.9 Å². The van der Waals surface area contributed by atoms with Gasteiger partial charge in [0.1, 0.15) is 5.69 Å². The van der Waals surface area contributed by atoms with E-state index in [0.717, 1.165) is 22.4 Å². The Morgan fingerprint density at radius 1 is 0.839 bits per heavy atom. The molecule has 3 aromatic carbocycles. The summed E-state index contributed by atoms with van der Waals surface area (Å²) in [6.07, 6.45) is 1.88. The molecule has 1 aliphatic heterocycles. The van der Waals surface area contributed by atoms with E-state index in [1.165, 1.54) is 9.87 Å². The second kappa shape index (κ2) is 7.76. The largest absolute Gasteiger partial charge is 0.246 e. The lowest BCUT2D eigenvalue weighted by Crippen LogP contribution is -2.50. The summed E-state index contributed by atoms with van der Waals surface area (Å²) in [6.45, 7) is 2.82. The van der Waals surface area contributed by atoms with E-state index in [0.29, 0.717) is 18.0 Å². The highest BCUT2D eigenvalue weighted by Gasteiger charge is 2.38. The van der Waals surface area contributed by atoms with Gasteiger partial charge in [0.15, 0.2) is 0 Å². The maximum Gasteiger partial charge on any atom is 0.243 e. The molecule has 1 saturated heterocycles. The maximum absolute atomic E-state index is 13.0. The summed E-state index contributed by atoms with van der Waals surface area (Å²) >= 11 is 0. The Bertz CT molecular complexity index is 1310. The monoisotopic (exact) mass is 430 g/mol. The van der Waals surface area contributed by atoms with Crippen LogP contribution in [-0.4, -0.2) is 40.8 Å². The molecule has 0 bridgehead atoms. The minimum atomic E-state index is -3.52. The van der Waals surface area contributed by atoms with Gasteiger partial charge in [-0.3, -0.25) is 0 Å². The molecule has 0 aliphatic carbocycles. The number of aromatic nitrogens is 3. The van der Waals surface area contributed by atoms with E-state index in [-0.39, 0.29) is 6.04 Å². The van der Waals surface area contributed by atoms with Crippen molar-refractivity contribution in [3.8, 4) is 22.4 Å². The number of hydrogen-bond donors (Lipinski definition) is 0. The third kappa shape index (κ3) is 3.78. The van der Waals surface area contributed by atoms with E-state index >= 15 is 0 Å². The molecule has 0 unspecified atom stereocenters. The fourth-order valence-corrected chi connectivity index (χ4v) is 5.28. The summed E-state index contributed by atoms with van der Waals surface area (Å²) in [4.78, 5) is 0.311. The summed E-state index contributed by atoms with van der Waals surface area (Å²) in [5, 5.41) is 8.43. The molecule has 1 aromatic heterocycles. The van der Waals surface area contributed by atoms with Crippen molar-refractivity contribution in [3.63, 3.8) is 0 Å². The number of aryl methyl sites for hydroxylation is 1. The second-order valence-corrected chi connectivity index (χ2v) is 9.76. The third-order valence-corrected chi connectivity index (χ3v) is 7.47. The topological polar surface area (TPSA) is 68.1 Å². The molecule has 6 nitrogen and oxygen atoms in total. The molecule has 2 heterocycles. The molecule has 0 N–H and O–H groups in total. The van der Waals surface area contributed by atoms with E-state index < -0.39 is 10.0 Å². The number of nitrogens with zero attached hydrogens (tertiary/aromatic N) is 4. The van der Waals surface area contributed by atoms with Crippen LogP contribution in [0.25, 0.3) is 22.4 Å². The molecule has 0 saturated carbocycles. The van der Waals surface area contributed by atoms with Gasteiger partial charge in [-0.25, -0.2) is 13.1 Å². The van der Waals surface area contributed by atoms with Gasteiger partial charge in [-0.1, -0.05) is 77.5 Å². The summed E-state index contributed by atoms with van der Waals surface area (Å²) in [5.74, 6) is 0. The quantitative estimate of drug-likeness (QED) is 0.477. The molecule has 156 valence electrons. The Morgan fingerprint density at radius 2 is 1.55 bits per heavy atom. The summed E-state index contributed by atoms with van der Waals surface area (Å²) in [7, 11) is -3.52. The Hall–Kier alpha value is -3.29. The van der Waals surface area contributed by atoms with Crippen LogP contribution in [0.15, 0.2) is 90.0 Å². The van der Waals surface area contributed by atoms with Crippen LogP contribution in [-0.2, 0) is 10.0 Å². The van der Waals surface area contributed by atoms with Gasteiger partial charge in [0.2, 0.25) is 10.0 Å². The zero-order valence-electron chi connectivity index (χ0n) is 17.1. The fraction of sp³-hybridized carbons (Fsp3) is 0.167. The number of benzene rings is 3. The van der Waals surface area contributed by atoms with Crippen LogP contribution in [0.4, 0.5) is 0 Å². The van der Waals surface area contributed by atoms with Crippen molar-refractivity contribution in [1.29, 1.82) is 0 Å². The van der Waals surface area contributed by atoms with Gasteiger partial charge < -0.3 is 0 Å². The maximum atomic E-state index is 13.0. The summed E-state index contributed by atoms with van der Waals surface area (Å²) in [5.41, 5.74) is 5.03. The highest BCUT2D eigenvalue weighted by Crippen LogP contribution is 2.30. The van der Waals surface area contributed by atoms with Crippen LogP contribution in [0.5, 0.6) is 0 Å². The van der Waals surface area contributed by atoms with E-state index in [4.69, 9.17) is 0 Å². The van der Waals surface area contributed by atoms with Gasteiger partial charge in [-0.15, -0.1) is 5.10 Å². The lowest BCUT2D eigenvalue weighted by Gasteiger charge is -2.37. The predicted molar refractivity (Wildman–Crippen MR) is 120 cm³/mol. The van der Waals surface area contributed by atoms with Gasteiger partial charge in [-0.05, 0) is 30.2 Å².